The monoisotopic (exact) mass is 279 g/mol. The number of hydrogen-bond donors (Lipinski definition) is 1. The van der Waals surface area contributed by atoms with Gasteiger partial charge in [-0.05, 0) is 38.6 Å². The molecule has 2 aliphatic rings. The third-order valence-electron chi connectivity index (χ3n) is 4.52. The molecule has 3 rings (SSSR count). The van der Waals surface area contributed by atoms with Crippen molar-refractivity contribution in [2.45, 2.75) is 76.2 Å². The number of aromatic nitrogens is 2. The van der Waals surface area contributed by atoms with E-state index < -0.39 is 0 Å². The van der Waals surface area contributed by atoms with Gasteiger partial charge in [-0.1, -0.05) is 26.2 Å². The molecular weight excluding hydrogens is 254 g/mol. The molecule has 0 bridgehead atoms. The van der Waals surface area contributed by atoms with Gasteiger partial charge in [-0.25, -0.2) is 0 Å². The van der Waals surface area contributed by atoms with Crippen LogP contribution in [0.25, 0.3) is 0 Å². The third-order valence-corrected chi connectivity index (χ3v) is 5.81. The Balaban J connectivity index is 1.50. The first-order valence-electron chi connectivity index (χ1n) is 7.82. The summed E-state index contributed by atoms with van der Waals surface area (Å²) in [5, 5.41) is 15.0. The first-order chi connectivity index (χ1) is 9.26. The Bertz CT molecular complexity index is 405. The van der Waals surface area contributed by atoms with Crippen molar-refractivity contribution in [2.75, 3.05) is 6.54 Å². The first-order valence-corrected chi connectivity index (χ1v) is 8.64. The molecule has 4 heteroatoms. The van der Waals surface area contributed by atoms with E-state index in [1.165, 1.54) is 61.4 Å². The zero-order valence-electron chi connectivity index (χ0n) is 12.0. The lowest BCUT2D eigenvalue weighted by atomic mass is 9.76. The Kier molecular flexibility index (Phi) is 4.18. The van der Waals surface area contributed by atoms with Crippen LogP contribution >= 0.6 is 11.3 Å². The summed E-state index contributed by atoms with van der Waals surface area (Å²) in [6.07, 6.45) is 11.7. The average Bonchev–Trinajstić information content (AvgIpc) is 3.11. The van der Waals surface area contributed by atoms with E-state index in [4.69, 9.17) is 0 Å². The van der Waals surface area contributed by atoms with E-state index >= 15 is 0 Å². The van der Waals surface area contributed by atoms with Gasteiger partial charge in [0.05, 0.1) is 0 Å². The van der Waals surface area contributed by atoms with Crippen molar-refractivity contribution >= 4 is 11.3 Å². The van der Waals surface area contributed by atoms with Gasteiger partial charge in [0.1, 0.15) is 10.0 Å². The van der Waals surface area contributed by atoms with Crippen LogP contribution < -0.4 is 5.32 Å². The largest absolute Gasteiger partial charge is 0.314 e. The number of nitrogens with one attached hydrogen (secondary N) is 1. The van der Waals surface area contributed by atoms with Crippen LogP contribution in [0.3, 0.4) is 0 Å². The minimum atomic E-state index is 0.320. The molecule has 0 spiro atoms. The van der Waals surface area contributed by atoms with Crippen LogP contribution in [-0.2, 0) is 11.8 Å². The highest BCUT2D eigenvalue weighted by Gasteiger charge is 2.32. The molecule has 106 valence electrons. The van der Waals surface area contributed by atoms with Crippen LogP contribution in [0, 0.1) is 0 Å². The Hall–Kier alpha value is -0.480. The van der Waals surface area contributed by atoms with Crippen LogP contribution in [0.4, 0.5) is 0 Å². The standard InChI is InChI=1S/C15H25N3S/c1-15(9-3-2-4-10-15)14-18-17-13(19-14)6-5-11-16-12-7-8-12/h12,16H,2-11H2,1H3. The van der Waals surface area contributed by atoms with Gasteiger partial charge in [0.25, 0.3) is 0 Å². The van der Waals surface area contributed by atoms with Gasteiger partial charge in [-0.15, -0.1) is 21.5 Å². The number of hydrogen-bond acceptors (Lipinski definition) is 4. The molecular formula is C15H25N3S. The summed E-state index contributed by atoms with van der Waals surface area (Å²) in [6.45, 7) is 3.52. The second-order valence-electron chi connectivity index (χ2n) is 6.45. The fourth-order valence-corrected chi connectivity index (χ4v) is 4.06. The Morgan fingerprint density at radius 3 is 2.74 bits per heavy atom. The molecule has 0 unspecified atom stereocenters. The minimum absolute atomic E-state index is 0.320. The van der Waals surface area contributed by atoms with E-state index in [1.807, 2.05) is 11.3 Å². The lowest BCUT2D eigenvalue weighted by Crippen LogP contribution is -2.24. The summed E-state index contributed by atoms with van der Waals surface area (Å²) in [6, 6.07) is 0.825. The molecule has 2 saturated carbocycles. The maximum atomic E-state index is 4.49. The highest BCUT2D eigenvalue weighted by atomic mass is 32.1. The zero-order chi connectivity index (χ0) is 13.1. The van der Waals surface area contributed by atoms with E-state index in [1.54, 1.807) is 0 Å². The molecule has 3 nitrogen and oxygen atoms in total. The van der Waals surface area contributed by atoms with Crippen molar-refractivity contribution in [3.05, 3.63) is 10.0 Å². The van der Waals surface area contributed by atoms with Crippen molar-refractivity contribution in [2.24, 2.45) is 0 Å². The predicted molar refractivity (Wildman–Crippen MR) is 79.7 cm³/mol. The highest BCUT2D eigenvalue weighted by Crippen LogP contribution is 2.40. The van der Waals surface area contributed by atoms with Crippen molar-refractivity contribution < 1.29 is 0 Å². The van der Waals surface area contributed by atoms with Crippen molar-refractivity contribution in [3.63, 3.8) is 0 Å². The van der Waals surface area contributed by atoms with Crippen LogP contribution in [0.15, 0.2) is 0 Å². The molecule has 0 amide bonds. The summed E-state index contributed by atoms with van der Waals surface area (Å²) < 4.78 is 0. The second-order valence-corrected chi connectivity index (χ2v) is 7.52. The van der Waals surface area contributed by atoms with Gasteiger partial charge in [0.2, 0.25) is 0 Å². The summed E-state index contributed by atoms with van der Waals surface area (Å²) in [5.74, 6) is 0. The molecule has 1 N–H and O–H groups in total. The smallest absolute Gasteiger partial charge is 0.123 e. The maximum Gasteiger partial charge on any atom is 0.123 e. The zero-order valence-corrected chi connectivity index (χ0v) is 12.8. The molecule has 2 fully saturated rings. The van der Waals surface area contributed by atoms with Gasteiger partial charge in [-0.2, -0.15) is 0 Å². The predicted octanol–water partition coefficient (Wildman–Crippen LogP) is 3.44. The van der Waals surface area contributed by atoms with Crippen LogP contribution in [0.5, 0.6) is 0 Å². The minimum Gasteiger partial charge on any atom is -0.314 e. The SMILES string of the molecule is CC1(c2nnc(CCCNC3CC3)s2)CCCCC1. The molecule has 0 aliphatic heterocycles. The maximum absolute atomic E-state index is 4.49. The molecule has 19 heavy (non-hydrogen) atoms. The molecule has 1 aromatic heterocycles. The molecule has 0 atom stereocenters. The summed E-state index contributed by atoms with van der Waals surface area (Å²) >= 11 is 1.86. The Morgan fingerprint density at radius 2 is 2.00 bits per heavy atom. The molecule has 0 radical (unpaired) electrons. The summed E-state index contributed by atoms with van der Waals surface area (Å²) in [7, 11) is 0. The topological polar surface area (TPSA) is 37.8 Å². The molecule has 2 aliphatic carbocycles. The van der Waals surface area contributed by atoms with E-state index in [0.29, 0.717) is 5.41 Å². The molecule has 0 saturated heterocycles. The van der Waals surface area contributed by atoms with Gasteiger partial charge in [0, 0.05) is 17.9 Å². The Morgan fingerprint density at radius 1 is 1.21 bits per heavy atom. The number of aryl methyl sites for hydroxylation is 1. The lowest BCUT2D eigenvalue weighted by molar-refractivity contribution is 0.317. The lowest BCUT2D eigenvalue weighted by Gasteiger charge is -2.30. The van der Waals surface area contributed by atoms with Crippen molar-refractivity contribution in [1.29, 1.82) is 0 Å². The fraction of sp³-hybridized carbons (Fsp3) is 0.867. The summed E-state index contributed by atoms with van der Waals surface area (Å²) in [4.78, 5) is 0. The molecule has 1 heterocycles. The second kappa shape index (κ2) is 5.88. The normalized spacial score (nSPS) is 22.6. The van der Waals surface area contributed by atoms with Crippen molar-refractivity contribution in [3.8, 4) is 0 Å². The number of rotatable bonds is 6. The first kappa shape index (κ1) is 13.5. The molecule has 1 aromatic rings. The Labute approximate surface area is 120 Å². The molecule has 0 aromatic carbocycles. The van der Waals surface area contributed by atoms with Crippen LogP contribution in [-0.4, -0.2) is 22.8 Å². The van der Waals surface area contributed by atoms with Crippen LogP contribution in [0.2, 0.25) is 0 Å². The highest BCUT2D eigenvalue weighted by molar-refractivity contribution is 7.11. The third kappa shape index (κ3) is 3.54. The van der Waals surface area contributed by atoms with Gasteiger partial charge in [-0.3, -0.25) is 0 Å². The van der Waals surface area contributed by atoms with E-state index in [0.717, 1.165) is 19.0 Å². The average molecular weight is 279 g/mol. The van der Waals surface area contributed by atoms with Gasteiger partial charge in [0.15, 0.2) is 0 Å². The van der Waals surface area contributed by atoms with Crippen LogP contribution in [0.1, 0.15) is 68.3 Å². The number of nitrogens with zero attached hydrogens (tertiary/aromatic N) is 2. The van der Waals surface area contributed by atoms with E-state index in [2.05, 4.69) is 22.4 Å². The fourth-order valence-electron chi connectivity index (χ4n) is 2.98. The van der Waals surface area contributed by atoms with Gasteiger partial charge >= 0.3 is 0 Å². The van der Waals surface area contributed by atoms with Gasteiger partial charge < -0.3 is 5.32 Å². The quantitative estimate of drug-likeness (QED) is 0.811. The van der Waals surface area contributed by atoms with Crippen molar-refractivity contribution in [1.82, 2.24) is 15.5 Å². The van der Waals surface area contributed by atoms with E-state index in [9.17, 15) is 0 Å². The summed E-state index contributed by atoms with van der Waals surface area (Å²) in [5.41, 5.74) is 0.320. The van der Waals surface area contributed by atoms with E-state index in [-0.39, 0.29) is 0 Å².